The van der Waals surface area contributed by atoms with Gasteiger partial charge in [-0.1, -0.05) is 12.1 Å². The van der Waals surface area contributed by atoms with Crippen LogP contribution in [0, 0.1) is 0 Å². The second-order valence-electron chi connectivity index (χ2n) is 5.31. The van der Waals surface area contributed by atoms with Crippen molar-refractivity contribution in [1.82, 2.24) is 10.3 Å². The van der Waals surface area contributed by atoms with Crippen LogP contribution in [0.2, 0.25) is 0 Å². The van der Waals surface area contributed by atoms with Crippen LogP contribution in [0.25, 0.3) is 0 Å². The molecule has 1 aliphatic heterocycles. The first-order chi connectivity index (χ1) is 11.3. The van der Waals surface area contributed by atoms with Crippen molar-refractivity contribution in [2.45, 2.75) is 6.54 Å². The molecule has 1 aromatic carbocycles. The van der Waals surface area contributed by atoms with Crippen molar-refractivity contribution in [1.29, 1.82) is 0 Å². The molecule has 1 aliphatic rings. The summed E-state index contributed by atoms with van der Waals surface area (Å²) in [6, 6.07) is 12.3. The van der Waals surface area contributed by atoms with Crippen LogP contribution in [-0.4, -0.2) is 36.4 Å². The number of anilines is 2. The lowest BCUT2D eigenvalue weighted by atomic mass is 10.2. The maximum Gasteiger partial charge on any atom is 0.171 e. The van der Waals surface area contributed by atoms with Crippen LogP contribution in [-0.2, 0) is 11.3 Å². The van der Waals surface area contributed by atoms with Gasteiger partial charge in [0, 0.05) is 43.4 Å². The zero-order chi connectivity index (χ0) is 15.9. The van der Waals surface area contributed by atoms with E-state index < -0.39 is 0 Å². The lowest BCUT2D eigenvalue weighted by molar-refractivity contribution is 0.122. The molecule has 0 amide bonds. The van der Waals surface area contributed by atoms with Crippen LogP contribution >= 0.6 is 12.2 Å². The number of benzene rings is 1. The number of rotatable bonds is 4. The van der Waals surface area contributed by atoms with Crippen LogP contribution in [0.4, 0.5) is 11.4 Å². The maximum absolute atomic E-state index is 5.38. The number of aromatic nitrogens is 1. The molecule has 6 heteroatoms. The zero-order valence-corrected chi connectivity index (χ0v) is 13.7. The molecule has 2 N–H and O–H groups in total. The minimum Gasteiger partial charge on any atom is -0.378 e. The molecular weight excluding hydrogens is 308 g/mol. The fourth-order valence-electron chi connectivity index (χ4n) is 2.44. The van der Waals surface area contributed by atoms with E-state index in [1.807, 2.05) is 12.1 Å². The van der Waals surface area contributed by atoms with E-state index in [1.54, 1.807) is 12.4 Å². The van der Waals surface area contributed by atoms with Gasteiger partial charge in [0.1, 0.15) is 0 Å². The van der Waals surface area contributed by atoms with Crippen molar-refractivity contribution in [2.75, 3.05) is 36.5 Å². The van der Waals surface area contributed by atoms with Crippen LogP contribution < -0.4 is 15.5 Å². The summed E-state index contributed by atoms with van der Waals surface area (Å²) in [4.78, 5) is 6.32. The molecule has 3 rings (SSSR count). The highest BCUT2D eigenvalue weighted by atomic mass is 32.1. The van der Waals surface area contributed by atoms with E-state index >= 15 is 0 Å². The summed E-state index contributed by atoms with van der Waals surface area (Å²) in [5.41, 5.74) is 3.37. The van der Waals surface area contributed by atoms with Gasteiger partial charge < -0.3 is 20.3 Å². The molecule has 120 valence electrons. The number of morpholine rings is 1. The third-order valence-electron chi connectivity index (χ3n) is 3.70. The summed E-state index contributed by atoms with van der Waals surface area (Å²) in [6.45, 7) is 4.21. The van der Waals surface area contributed by atoms with Crippen molar-refractivity contribution in [3.8, 4) is 0 Å². The van der Waals surface area contributed by atoms with Gasteiger partial charge in [0.15, 0.2) is 5.11 Å². The van der Waals surface area contributed by atoms with Crippen molar-refractivity contribution < 1.29 is 4.74 Å². The van der Waals surface area contributed by atoms with E-state index in [0.29, 0.717) is 11.7 Å². The van der Waals surface area contributed by atoms with Gasteiger partial charge in [0.2, 0.25) is 0 Å². The van der Waals surface area contributed by atoms with Crippen molar-refractivity contribution >= 4 is 28.7 Å². The molecule has 2 aromatic rings. The lowest BCUT2D eigenvalue weighted by Crippen LogP contribution is -2.36. The number of nitrogens with one attached hydrogen (secondary N) is 2. The first kappa shape index (κ1) is 15.7. The number of pyridine rings is 1. The molecule has 0 saturated carbocycles. The summed E-state index contributed by atoms with van der Waals surface area (Å²) < 4.78 is 5.38. The topological polar surface area (TPSA) is 49.4 Å². The zero-order valence-electron chi connectivity index (χ0n) is 12.9. The first-order valence-corrected chi connectivity index (χ1v) is 8.08. The molecule has 5 nitrogen and oxygen atoms in total. The Balaban J connectivity index is 1.49. The Morgan fingerprint density at radius 2 is 1.78 bits per heavy atom. The maximum atomic E-state index is 5.38. The Kier molecular flexibility index (Phi) is 5.39. The van der Waals surface area contributed by atoms with Gasteiger partial charge in [-0.05, 0) is 42.0 Å². The standard InChI is InChI=1S/C17H20N4OS/c23-17(20-15-5-7-18-8-6-15)19-13-14-1-3-16(4-2-14)21-9-11-22-12-10-21/h1-8H,9-13H2,(H2,18,19,20,23). The second-order valence-corrected chi connectivity index (χ2v) is 5.72. The molecule has 1 saturated heterocycles. The van der Waals surface area contributed by atoms with Crippen LogP contribution in [0.3, 0.4) is 0 Å². The van der Waals surface area contributed by atoms with E-state index in [2.05, 4.69) is 44.8 Å². The molecule has 0 bridgehead atoms. The smallest absolute Gasteiger partial charge is 0.171 e. The van der Waals surface area contributed by atoms with Crippen LogP contribution in [0.1, 0.15) is 5.56 Å². The van der Waals surface area contributed by atoms with Gasteiger partial charge in [0.05, 0.1) is 13.2 Å². The Morgan fingerprint density at radius 1 is 1.09 bits per heavy atom. The van der Waals surface area contributed by atoms with Gasteiger partial charge in [0.25, 0.3) is 0 Å². The predicted molar refractivity (Wildman–Crippen MR) is 96.8 cm³/mol. The number of hydrogen-bond acceptors (Lipinski definition) is 4. The van der Waals surface area contributed by atoms with Gasteiger partial charge in [-0.2, -0.15) is 0 Å². The molecule has 0 spiro atoms. The SMILES string of the molecule is S=C(NCc1ccc(N2CCOCC2)cc1)Nc1ccncc1. The number of ether oxygens (including phenoxy) is 1. The van der Waals surface area contributed by atoms with E-state index in [4.69, 9.17) is 17.0 Å². The quantitative estimate of drug-likeness (QED) is 0.841. The van der Waals surface area contributed by atoms with Crippen molar-refractivity contribution in [2.24, 2.45) is 0 Å². The second kappa shape index (κ2) is 7.89. The van der Waals surface area contributed by atoms with Crippen LogP contribution in [0.15, 0.2) is 48.8 Å². The van der Waals surface area contributed by atoms with E-state index in [0.717, 1.165) is 32.0 Å². The molecule has 23 heavy (non-hydrogen) atoms. The fourth-order valence-corrected chi connectivity index (χ4v) is 2.63. The van der Waals surface area contributed by atoms with E-state index in [9.17, 15) is 0 Å². The van der Waals surface area contributed by atoms with E-state index in [1.165, 1.54) is 11.3 Å². The van der Waals surface area contributed by atoms with Crippen LogP contribution in [0.5, 0.6) is 0 Å². The molecule has 0 atom stereocenters. The van der Waals surface area contributed by atoms with E-state index in [-0.39, 0.29) is 0 Å². The highest BCUT2D eigenvalue weighted by molar-refractivity contribution is 7.80. The Morgan fingerprint density at radius 3 is 2.48 bits per heavy atom. The molecule has 0 unspecified atom stereocenters. The number of nitrogens with zero attached hydrogens (tertiary/aromatic N) is 2. The molecule has 1 fully saturated rings. The largest absolute Gasteiger partial charge is 0.378 e. The highest BCUT2D eigenvalue weighted by Gasteiger charge is 2.10. The summed E-state index contributed by atoms with van der Waals surface area (Å²) in [7, 11) is 0. The predicted octanol–water partition coefficient (Wildman–Crippen LogP) is 2.40. The minimum atomic E-state index is 0.605. The molecule has 2 heterocycles. The van der Waals surface area contributed by atoms with Gasteiger partial charge in [-0.3, -0.25) is 4.98 Å². The highest BCUT2D eigenvalue weighted by Crippen LogP contribution is 2.16. The third-order valence-corrected chi connectivity index (χ3v) is 3.95. The third kappa shape index (κ3) is 4.64. The molecular formula is C17H20N4OS. The average Bonchev–Trinajstić information content (AvgIpc) is 2.62. The normalized spacial score (nSPS) is 14.3. The Labute approximate surface area is 141 Å². The Bertz CT molecular complexity index is 627. The van der Waals surface area contributed by atoms with Gasteiger partial charge in [-0.25, -0.2) is 0 Å². The fraction of sp³-hybridized carbons (Fsp3) is 0.294. The average molecular weight is 328 g/mol. The van der Waals surface area contributed by atoms with Gasteiger partial charge in [-0.15, -0.1) is 0 Å². The Hall–Kier alpha value is -2.18. The monoisotopic (exact) mass is 328 g/mol. The molecule has 1 aromatic heterocycles. The first-order valence-electron chi connectivity index (χ1n) is 7.68. The lowest BCUT2D eigenvalue weighted by Gasteiger charge is -2.28. The minimum absolute atomic E-state index is 0.605. The summed E-state index contributed by atoms with van der Waals surface area (Å²) in [5.74, 6) is 0. The van der Waals surface area contributed by atoms with Crippen molar-refractivity contribution in [3.05, 3.63) is 54.4 Å². The van der Waals surface area contributed by atoms with Crippen molar-refractivity contribution in [3.63, 3.8) is 0 Å². The number of hydrogen-bond donors (Lipinski definition) is 2. The molecule has 0 radical (unpaired) electrons. The summed E-state index contributed by atoms with van der Waals surface area (Å²) in [5, 5.41) is 6.95. The van der Waals surface area contributed by atoms with Gasteiger partial charge >= 0.3 is 0 Å². The molecule has 0 aliphatic carbocycles. The summed E-state index contributed by atoms with van der Waals surface area (Å²) in [6.07, 6.45) is 3.46. The number of thiocarbonyl (C=S) groups is 1. The summed E-state index contributed by atoms with van der Waals surface area (Å²) >= 11 is 5.30.